The molecule has 9 rings (SSSR count). The van der Waals surface area contributed by atoms with Crippen molar-refractivity contribution in [2.45, 2.75) is 0 Å². The quantitative estimate of drug-likeness (QED) is 0.179. The summed E-state index contributed by atoms with van der Waals surface area (Å²) in [5.74, 6) is 0. The Labute approximate surface area is 278 Å². The summed E-state index contributed by atoms with van der Waals surface area (Å²) >= 11 is 0. The molecule has 0 aromatic heterocycles. The van der Waals surface area contributed by atoms with E-state index >= 15 is 0 Å². The van der Waals surface area contributed by atoms with Crippen LogP contribution < -0.4 is 0 Å². The van der Waals surface area contributed by atoms with Gasteiger partial charge in [0.1, 0.15) is 0 Å². The first kappa shape index (κ1) is 20.1. The van der Waals surface area contributed by atoms with Crippen molar-refractivity contribution in [1.82, 2.24) is 0 Å². The van der Waals surface area contributed by atoms with E-state index in [4.69, 9.17) is 2.74 Å². The van der Waals surface area contributed by atoms with Gasteiger partial charge < -0.3 is 0 Å². The van der Waals surface area contributed by atoms with Gasteiger partial charge in [-0.2, -0.15) is 0 Å². The van der Waals surface area contributed by atoms with Crippen LogP contribution in [0.3, 0.4) is 0 Å². The first-order chi connectivity index (χ1) is 25.7. The first-order valence-electron chi connectivity index (χ1n) is 18.9. The van der Waals surface area contributed by atoms with E-state index in [1.165, 1.54) is 0 Å². The third-order valence-corrected chi connectivity index (χ3v) is 8.86. The standard InChI is InChI=1S/C46H30/c1-2-14-33(15-3-1)45-41-21-8-9-22-42(41)46(38-19-10-18-35(29-38)36-25-24-31-12-4-5-16-34(31)28-36)44-30-37(26-27-43(44)45)40-23-11-17-32-13-6-7-20-39(32)40/h1-30H/i8D,9D,21D,22D,26D,27D,30D. The van der Waals surface area contributed by atoms with E-state index in [-0.39, 0.29) is 53.1 Å². The fraction of sp³-hybridized carbons (Fsp3) is 0. The van der Waals surface area contributed by atoms with Crippen molar-refractivity contribution < 1.29 is 9.60 Å². The molecule has 0 aliphatic carbocycles. The average Bonchev–Trinajstić information content (AvgIpc) is 3.20. The average molecular weight is 590 g/mol. The minimum atomic E-state index is -0.383. The molecule has 0 heterocycles. The minimum Gasteiger partial charge on any atom is -0.0622 e. The van der Waals surface area contributed by atoms with Crippen LogP contribution in [0.5, 0.6) is 0 Å². The number of fused-ring (bicyclic) bond motifs is 4. The summed E-state index contributed by atoms with van der Waals surface area (Å²) in [6.45, 7) is 0. The molecule has 0 saturated heterocycles. The summed E-state index contributed by atoms with van der Waals surface area (Å²) in [5.41, 5.74) is 4.94. The summed E-state index contributed by atoms with van der Waals surface area (Å²) in [6, 6.07) is 43.6. The summed E-state index contributed by atoms with van der Waals surface area (Å²) < 4.78 is 65.6. The Morgan fingerprint density at radius 2 is 0.935 bits per heavy atom. The molecule has 46 heavy (non-hydrogen) atoms. The van der Waals surface area contributed by atoms with Gasteiger partial charge in [-0.1, -0.05) is 164 Å². The van der Waals surface area contributed by atoms with Crippen LogP contribution in [0.25, 0.3) is 87.6 Å². The van der Waals surface area contributed by atoms with Crippen molar-refractivity contribution in [3.63, 3.8) is 0 Å². The van der Waals surface area contributed by atoms with Gasteiger partial charge in [-0.05, 0) is 106 Å². The van der Waals surface area contributed by atoms with Crippen molar-refractivity contribution in [2.24, 2.45) is 0 Å². The molecule has 0 saturated carbocycles. The fourth-order valence-corrected chi connectivity index (χ4v) is 6.70. The molecule has 0 nitrogen and oxygen atoms in total. The molecular formula is C46H30. The Bertz CT molecular complexity index is 2960. The van der Waals surface area contributed by atoms with Crippen LogP contribution in [0.15, 0.2) is 182 Å². The molecule has 0 atom stereocenters. The molecule has 0 spiro atoms. The lowest BCUT2D eigenvalue weighted by Crippen LogP contribution is -1.92. The summed E-state index contributed by atoms with van der Waals surface area (Å²) in [5, 5.41) is 5.18. The predicted octanol–water partition coefficient (Wildman–Crippen LogP) is 13.0. The van der Waals surface area contributed by atoms with Crippen molar-refractivity contribution in [2.75, 3.05) is 0 Å². The fourth-order valence-electron chi connectivity index (χ4n) is 6.70. The molecule has 9 aromatic rings. The van der Waals surface area contributed by atoms with E-state index in [0.717, 1.165) is 32.7 Å². The highest BCUT2D eigenvalue weighted by atomic mass is 14.2. The SMILES string of the molecule is [2H]c1c([2H])c([2H])c2c(-c3cccc(-c4ccc5ccccc5c4)c3)c3c([2H])c(-c4cccc5ccccc45)c([2H])c([2H])c3c(-c3ccccc3)c2c1[2H]. The Kier molecular flexibility index (Phi) is 4.76. The lowest BCUT2D eigenvalue weighted by Gasteiger charge is -2.19. The molecule has 9 aromatic carbocycles. The highest BCUT2D eigenvalue weighted by Crippen LogP contribution is 2.45. The van der Waals surface area contributed by atoms with Gasteiger partial charge in [-0.15, -0.1) is 0 Å². The van der Waals surface area contributed by atoms with E-state index in [9.17, 15) is 6.85 Å². The molecule has 0 unspecified atom stereocenters. The largest absolute Gasteiger partial charge is 0.0636 e. The number of hydrogen-bond acceptors (Lipinski definition) is 0. The number of rotatable bonds is 4. The van der Waals surface area contributed by atoms with Crippen LogP contribution in [0, 0.1) is 0 Å². The second kappa shape index (κ2) is 10.9. The Morgan fingerprint density at radius 3 is 1.78 bits per heavy atom. The van der Waals surface area contributed by atoms with E-state index in [2.05, 4.69) is 30.3 Å². The monoisotopic (exact) mass is 589 g/mol. The molecule has 0 amide bonds. The van der Waals surface area contributed by atoms with Gasteiger partial charge in [-0.25, -0.2) is 0 Å². The highest BCUT2D eigenvalue weighted by molar-refractivity contribution is 6.22. The third kappa shape index (κ3) is 4.38. The smallest absolute Gasteiger partial charge is 0.0622 e. The van der Waals surface area contributed by atoms with Crippen LogP contribution in [-0.4, -0.2) is 0 Å². The zero-order valence-corrected chi connectivity index (χ0v) is 24.8. The molecule has 0 bridgehead atoms. The Hall–Kier alpha value is -5.98. The highest BCUT2D eigenvalue weighted by Gasteiger charge is 2.18. The van der Waals surface area contributed by atoms with Gasteiger partial charge in [0.15, 0.2) is 0 Å². The zero-order chi connectivity index (χ0) is 36.5. The van der Waals surface area contributed by atoms with Gasteiger partial charge in [0.2, 0.25) is 0 Å². The zero-order valence-electron chi connectivity index (χ0n) is 31.8. The molecule has 0 aliphatic heterocycles. The lowest BCUT2D eigenvalue weighted by atomic mass is 9.84. The molecule has 214 valence electrons. The van der Waals surface area contributed by atoms with Crippen molar-refractivity contribution >= 4 is 43.1 Å². The van der Waals surface area contributed by atoms with Gasteiger partial charge in [0.25, 0.3) is 0 Å². The van der Waals surface area contributed by atoms with E-state index in [1.54, 1.807) is 0 Å². The number of benzene rings is 9. The van der Waals surface area contributed by atoms with Gasteiger partial charge in [-0.3, -0.25) is 0 Å². The maximum atomic E-state index is 10.0. The van der Waals surface area contributed by atoms with Gasteiger partial charge >= 0.3 is 0 Å². The topological polar surface area (TPSA) is 0 Å². The van der Waals surface area contributed by atoms with Gasteiger partial charge in [0.05, 0.1) is 9.60 Å². The van der Waals surface area contributed by atoms with Gasteiger partial charge in [0, 0.05) is 0 Å². The van der Waals surface area contributed by atoms with Crippen LogP contribution in [0.4, 0.5) is 0 Å². The Balaban J connectivity index is 1.50. The van der Waals surface area contributed by atoms with Crippen molar-refractivity contribution in [1.29, 1.82) is 0 Å². The van der Waals surface area contributed by atoms with Crippen molar-refractivity contribution in [3.05, 3.63) is 182 Å². The second-order valence-electron chi connectivity index (χ2n) is 11.5. The molecule has 0 radical (unpaired) electrons. The summed E-state index contributed by atoms with van der Waals surface area (Å²) in [7, 11) is 0. The predicted molar refractivity (Wildman–Crippen MR) is 198 cm³/mol. The summed E-state index contributed by atoms with van der Waals surface area (Å²) in [4.78, 5) is 0. The minimum absolute atomic E-state index is 0.0231. The molecular weight excluding hydrogens is 553 g/mol. The Morgan fingerprint density at radius 1 is 0.326 bits per heavy atom. The maximum absolute atomic E-state index is 10.0. The lowest BCUT2D eigenvalue weighted by molar-refractivity contribution is 1.62. The summed E-state index contributed by atoms with van der Waals surface area (Å²) in [6.07, 6.45) is 0. The van der Waals surface area contributed by atoms with E-state index in [0.29, 0.717) is 44.2 Å². The van der Waals surface area contributed by atoms with Crippen LogP contribution >= 0.6 is 0 Å². The molecule has 0 fully saturated rings. The van der Waals surface area contributed by atoms with Crippen LogP contribution in [0.1, 0.15) is 9.60 Å². The van der Waals surface area contributed by atoms with Crippen molar-refractivity contribution in [3.8, 4) is 44.5 Å². The molecule has 0 N–H and O–H groups in total. The van der Waals surface area contributed by atoms with E-state index < -0.39 is 0 Å². The second-order valence-corrected chi connectivity index (χ2v) is 11.5. The van der Waals surface area contributed by atoms with Crippen LogP contribution in [0.2, 0.25) is 0 Å². The first-order valence-corrected chi connectivity index (χ1v) is 15.4. The number of hydrogen-bond donors (Lipinski definition) is 0. The maximum Gasteiger partial charge on any atom is 0.0636 e. The molecule has 0 heteroatoms. The molecule has 0 aliphatic rings. The van der Waals surface area contributed by atoms with E-state index in [1.807, 2.05) is 109 Å². The third-order valence-electron chi connectivity index (χ3n) is 8.86. The normalized spacial score (nSPS) is 13.6. The van der Waals surface area contributed by atoms with Crippen LogP contribution in [-0.2, 0) is 0 Å².